The van der Waals surface area contributed by atoms with E-state index >= 15 is 0 Å². The van der Waals surface area contributed by atoms with Gasteiger partial charge in [-0.05, 0) is 50.9 Å². The Kier molecular flexibility index (Phi) is 9.97. The monoisotopic (exact) mass is 417 g/mol. The molecule has 1 N–H and O–H groups in total. The maximum absolute atomic E-state index is 11.7. The van der Waals surface area contributed by atoms with Crippen molar-refractivity contribution in [2.24, 2.45) is 0 Å². The minimum absolute atomic E-state index is 0.139. The fourth-order valence-corrected chi connectivity index (χ4v) is 2.99. The lowest BCUT2D eigenvalue weighted by Crippen LogP contribution is -2.32. The zero-order chi connectivity index (χ0) is 21.9. The Morgan fingerprint density at radius 3 is 2.55 bits per heavy atom. The standard InChI is InChI=1S/C23H35NO4Si/c1-23(2,3)28-22(26)24-18-20-13-10-12-19(17-20)11-8-7-9-14-21(25)27-15-16-29(4,5)6/h10,12-13,17H,7,9,14-16,18H2,1-6H3,(H,24,26). The van der Waals surface area contributed by atoms with E-state index in [1.54, 1.807) is 0 Å². The summed E-state index contributed by atoms with van der Waals surface area (Å²) in [5.41, 5.74) is 1.32. The number of amides is 1. The van der Waals surface area contributed by atoms with E-state index in [0.717, 1.165) is 17.2 Å². The quantitative estimate of drug-likeness (QED) is 0.276. The maximum Gasteiger partial charge on any atom is 0.407 e. The number of hydrogen-bond acceptors (Lipinski definition) is 4. The van der Waals surface area contributed by atoms with Gasteiger partial charge >= 0.3 is 12.1 Å². The fourth-order valence-electron chi connectivity index (χ4n) is 2.28. The molecule has 0 radical (unpaired) electrons. The number of esters is 1. The third-order valence-corrected chi connectivity index (χ3v) is 5.50. The van der Waals surface area contributed by atoms with Crippen molar-refractivity contribution in [3.8, 4) is 11.8 Å². The van der Waals surface area contributed by atoms with Crippen LogP contribution in [0.2, 0.25) is 25.7 Å². The molecule has 0 heterocycles. The Morgan fingerprint density at radius 2 is 1.90 bits per heavy atom. The van der Waals surface area contributed by atoms with E-state index < -0.39 is 19.8 Å². The summed E-state index contributed by atoms with van der Waals surface area (Å²) in [6, 6.07) is 8.70. The Bertz CT molecular complexity index is 736. The van der Waals surface area contributed by atoms with Gasteiger partial charge in [-0.1, -0.05) is 43.6 Å². The molecule has 0 aliphatic rings. The molecule has 0 unspecified atom stereocenters. The van der Waals surface area contributed by atoms with Crippen LogP contribution in [-0.4, -0.2) is 32.3 Å². The van der Waals surface area contributed by atoms with E-state index in [2.05, 4.69) is 36.8 Å². The van der Waals surface area contributed by atoms with Gasteiger partial charge in [0.05, 0.1) is 6.61 Å². The highest BCUT2D eigenvalue weighted by Gasteiger charge is 2.15. The average molecular weight is 418 g/mol. The topological polar surface area (TPSA) is 64.6 Å². The predicted octanol–water partition coefficient (Wildman–Crippen LogP) is 5.11. The number of benzene rings is 1. The van der Waals surface area contributed by atoms with Gasteiger partial charge in [-0.15, -0.1) is 0 Å². The van der Waals surface area contributed by atoms with Crippen LogP contribution in [0, 0.1) is 11.8 Å². The van der Waals surface area contributed by atoms with E-state index in [-0.39, 0.29) is 5.97 Å². The van der Waals surface area contributed by atoms with Crippen molar-refractivity contribution in [2.45, 2.75) is 77.9 Å². The first-order valence-corrected chi connectivity index (χ1v) is 13.9. The molecule has 0 saturated carbocycles. The van der Waals surface area contributed by atoms with E-state index in [0.29, 0.717) is 32.4 Å². The minimum Gasteiger partial charge on any atom is -0.466 e. The van der Waals surface area contributed by atoms with Crippen molar-refractivity contribution >= 4 is 20.1 Å². The van der Waals surface area contributed by atoms with Crippen LogP contribution in [0.3, 0.4) is 0 Å². The molecule has 0 aliphatic carbocycles. The fraction of sp³-hybridized carbons (Fsp3) is 0.565. The Balaban J connectivity index is 2.35. The molecule has 0 atom stereocenters. The van der Waals surface area contributed by atoms with Gasteiger partial charge in [-0.25, -0.2) is 4.79 Å². The van der Waals surface area contributed by atoms with Crippen molar-refractivity contribution in [1.29, 1.82) is 0 Å². The first kappa shape index (κ1) is 24.8. The second-order valence-corrected chi connectivity index (χ2v) is 14.9. The molecule has 0 fully saturated rings. The average Bonchev–Trinajstić information content (AvgIpc) is 2.57. The number of carbonyl (C=O) groups excluding carboxylic acids is 2. The molecule has 160 valence electrons. The van der Waals surface area contributed by atoms with Crippen molar-refractivity contribution < 1.29 is 19.1 Å². The van der Waals surface area contributed by atoms with Crippen LogP contribution < -0.4 is 5.32 Å². The molecule has 1 rings (SSSR count). The van der Waals surface area contributed by atoms with Gasteiger partial charge in [0, 0.05) is 33.0 Å². The van der Waals surface area contributed by atoms with Gasteiger partial charge in [0.15, 0.2) is 0 Å². The molecule has 0 aromatic heterocycles. The van der Waals surface area contributed by atoms with Gasteiger partial charge < -0.3 is 14.8 Å². The lowest BCUT2D eigenvalue weighted by atomic mass is 10.1. The van der Waals surface area contributed by atoms with Crippen LogP contribution in [0.4, 0.5) is 4.79 Å². The molecular formula is C23H35NO4Si. The first-order valence-electron chi connectivity index (χ1n) is 10.1. The van der Waals surface area contributed by atoms with Gasteiger partial charge in [0.1, 0.15) is 5.60 Å². The molecule has 0 bridgehead atoms. The molecule has 0 saturated heterocycles. The molecule has 0 aliphatic heterocycles. The van der Waals surface area contributed by atoms with Crippen LogP contribution in [0.5, 0.6) is 0 Å². The Morgan fingerprint density at radius 1 is 1.17 bits per heavy atom. The summed E-state index contributed by atoms with van der Waals surface area (Å²) in [5.74, 6) is 6.07. The normalized spacial score (nSPS) is 11.2. The van der Waals surface area contributed by atoms with E-state index in [9.17, 15) is 9.59 Å². The number of ether oxygens (including phenoxy) is 2. The molecule has 6 heteroatoms. The van der Waals surface area contributed by atoms with E-state index in [1.165, 1.54) is 0 Å². The van der Waals surface area contributed by atoms with Crippen LogP contribution in [-0.2, 0) is 20.8 Å². The van der Waals surface area contributed by atoms with Crippen molar-refractivity contribution in [2.75, 3.05) is 6.61 Å². The zero-order valence-corrected chi connectivity index (χ0v) is 19.7. The zero-order valence-electron chi connectivity index (χ0n) is 18.7. The van der Waals surface area contributed by atoms with Crippen LogP contribution in [0.1, 0.15) is 51.2 Å². The van der Waals surface area contributed by atoms with Crippen LogP contribution in [0.25, 0.3) is 0 Å². The summed E-state index contributed by atoms with van der Waals surface area (Å²) < 4.78 is 10.5. The second-order valence-electron chi connectivity index (χ2n) is 9.24. The summed E-state index contributed by atoms with van der Waals surface area (Å²) in [6.45, 7) is 13.2. The number of alkyl carbamates (subject to hydrolysis) is 1. The highest BCUT2D eigenvalue weighted by Crippen LogP contribution is 2.09. The smallest absolute Gasteiger partial charge is 0.407 e. The number of rotatable bonds is 8. The Labute approximate surface area is 176 Å². The minimum atomic E-state index is -1.16. The molecule has 5 nitrogen and oxygen atoms in total. The third kappa shape index (κ3) is 13.5. The van der Waals surface area contributed by atoms with Gasteiger partial charge in [0.25, 0.3) is 0 Å². The number of nitrogens with one attached hydrogen (secondary N) is 1. The van der Waals surface area contributed by atoms with Gasteiger partial charge in [-0.2, -0.15) is 0 Å². The number of hydrogen-bond donors (Lipinski definition) is 1. The molecule has 1 amide bonds. The largest absolute Gasteiger partial charge is 0.466 e. The molecule has 1 aromatic rings. The molecular weight excluding hydrogens is 382 g/mol. The van der Waals surface area contributed by atoms with Crippen molar-refractivity contribution in [1.82, 2.24) is 5.32 Å². The van der Waals surface area contributed by atoms with E-state index in [1.807, 2.05) is 45.0 Å². The molecule has 0 spiro atoms. The highest BCUT2D eigenvalue weighted by molar-refractivity contribution is 6.76. The third-order valence-electron chi connectivity index (χ3n) is 3.79. The van der Waals surface area contributed by atoms with Crippen LogP contribution in [0.15, 0.2) is 24.3 Å². The highest BCUT2D eigenvalue weighted by atomic mass is 28.3. The summed E-state index contributed by atoms with van der Waals surface area (Å²) in [4.78, 5) is 23.5. The SMILES string of the molecule is CC(C)(C)OC(=O)NCc1cccc(C#CCCCC(=O)OCC[Si](C)(C)C)c1. The van der Waals surface area contributed by atoms with Crippen molar-refractivity contribution in [3.05, 3.63) is 35.4 Å². The summed E-state index contributed by atoms with van der Waals surface area (Å²) in [7, 11) is -1.16. The number of unbranched alkanes of at least 4 members (excludes halogenated alkanes) is 1. The maximum atomic E-state index is 11.7. The lowest BCUT2D eigenvalue weighted by Gasteiger charge is -2.19. The summed E-state index contributed by atoms with van der Waals surface area (Å²) in [5, 5.41) is 2.74. The lowest BCUT2D eigenvalue weighted by molar-refractivity contribution is -0.143. The van der Waals surface area contributed by atoms with Crippen LogP contribution >= 0.6 is 0 Å². The second kappa shape index (κ2) is 11.7. The van der Waals surface area contributed by atoms with Crippen molar-refractivity contribution in [3.63, 3.8) is 0 Å². The molecule has 1 aromatic carbocycles. The van der Waals surface area contributed by atoms with E-state index in [4.69, 9.17) is 9.47 Å². The first-order chi connectivity index (χ1) is 13.4. The summed E-state index contributed by atoms with van der Waals surface area (Å²) >= 11 is 0. The predicted molar refractivity (Wildman–Crippen MR) is 119 cm³/mol. The number of carbonyl (C=O) groups is 2. The molecule has 29 heavy (non-hydrogen) atoms. The van der Waals surface area contributed by atoms with Gasteiger partial charge in [-0.3, -0.25) is 4.79 Å². The summed E-state index contributed by atoms with van der Waals surface area (Å²) in [6.07, 6.45) is 1.30. The Hall–Kier alpha value is -2.26. The van der Waals surface area contributed by atoms with Gasteiger partial charge in [0.2, 0.25) is 0 Å².